The van der Waals surface area contributed by atoms with E-state index in [0.717, 1.165) is 18.6 Å². The van der Waals surface area contributed by atoms with Crippen LogP contribution in [0.4, 0.5) is 0 Å². The van der Waals surface area contributed by atoms with E-state index in [1.807, 2.05) is 53.4 Å². The molecule has 116 valence electrons. The topological polar surface area (TPSA) is 42.2 Å². The molecule has 2 rings (SSSR count). The van der Waals surface area contributed by atoms with Gasteiger partial charge in [-0.1, -0.05) is 19.1 Å². The highest BCUT2D eigenvalue weighted by atomic mass is 16.5. The van der Waals surface area contributed by atoms with Gasteiger partial charge in [0.25, 0.3) is 5.91 Å². The molecule has 0 fully saturated rings. The van der Waals surface area contributed by atoms with Gasteiger partial charge in [0, 0.05) is 18.7 Å². The van der Waals surface area contributed by atoms with Crippen molar-refractivity contribution in [2.75, 3.05) is 13.7 Å². The van der Waals surface area contributed by atoms with Gasteiger partial charge < -0.3 is 10.1 Å². The van der Waals surface area contributed by atoms with Gasteiger partial charge in [0.2, 0.25) is 6.54 Å². The number of methoxy groups -OCH3 is 1. The summed E-state index contributed by atoms with van der Waals surface area (Å²) in [6.45, 7) is 3.11. The smallest absolute Gasteiger partial charge is 0.285 e. The van der Waals surface area contributed by atoms with Crippen LogP contribution in [0.3, 0.4) is 0 Å². The van der Waals surface area contributed by atoms with Crippen molar-refractivity contribution in [3.63, 3.8) is 0 Å². The lowest BCUT2D eigenvalue weighted by Gasteiger charge is -2.05. The third-order valence-corrected chi connectivity index (χ3v) is 3.59. The number of benzene rings is 1. The minimum Gasteiger partial charge on any atom is -0.497 e. The average molecular weight is 299 g/mol. The second kappa shape index (κ2) is 8.17. The first-order chi connectivity index (χ1) is 10.7. The monoisotopic (exact) mass is 299 g/mol. The normalized spacial score (nSPS) is 10.3. The fourth-order valence-corrected chi connectivity index (χ4v) is 2.19. The Bertz CT molecular complexity index is 591. The van der Waals surface area contributed by atoms with E-state index >= 15 is 0 Å². The number of aromatic nitrogens is 1. The van der Waals surface area contributed by atoms with E-state index in [9.17, 15) is 4.79 Å². The molecule has 4 nitrogen and oxygen atoms in total. The van der Waals surface area contributed by atoms with E-state index in [-0.39, 0.29) is 5.91 Å². The van der Waals surface area contributed by atoms with Gasteiger partial charge in [-0.25, -0.2) is 0 Å². The minimum absolute atomic E-state index is 0.0303. The summed E-state index contributed by atoms with van der Waals surface area (Å²) >= 11 is 0. The first-order valence-corrected chi connectivity index (χ1v) is 7.59. The lowest BCUT2D eigenvalue weighted by atomic mass is 10.1. The van der Waals surface area contributed by atoms with Crippen LogP contribution < -0.4 is 14.6 Å². The lowest BCUT2D eigenvalue weighted by molar-refractivity contribution is -0.684. The number of rotatable bonds is 7. The van der Waals surface area contributed by atoms with E-state index in [4.69, 9.17) is 4.74 Å². The summed E-state index contributed by atoms with van der Waals surface area (Å²) in [4.78, 5) is 11.9. The Morgan fingerprint density at radius 2 is 1.77 bits per heavy atom. The second-order valence-corrected chi connectivity index (χ2v) is 5.18. The second-order valence-electron chi connectivity index (χ2n) is 5.18. The van der Waals surface area contributed by atoms with Crippen molar-refractivity contribution in [1.29, 1.82) is 0 Å². The van der Waals surface area contributed by atoms with Crippen LogP contribution in [0.25, 0.3) is 0 Å². The van der Waals surface area contributed by atoms with E-state index in [1.54, 1.807) is 7.11 Å². The molecule has 0 atom stereocenters. The quantitative estimate of drug-likeness (QED) is 0.794. The molecule has 0 aliphatic heterocycles. The maximum atomic E-state index is 11.9. The molecule has 2 aromatic rings. The van der Waals surface area contributed by atoms with Crippen LogP contribution in [0.1, 0.15) is 18.1 Å². The van der Waals surface area contributed by atoms with Crippen molar-refractivity contribution >= 4 is 5.91 Å². The molecule has 1 aromatic carbocycles. The lowest BCUT2D eigenvalue weighted by Crippen LogP contribution is -2.42. The molecule has 1 N–H and O–H groups in total. The Morgan fingerprint density at radius 1 is 1.09 bits per heavy atom. The molecule has 0 spiro atoms. The van der Waals surface area contributed by atoms with Crippen molar-refractivity contribution in [3.8, 4) is 5.75 Å². The van der Waals surface area contributed by atoms with E-state index in [2.05, 4.69) is 12.2 Å². The third kappa shape index (κ3) is 4.88. The van der Waals surface area contributed by atoms with Gasteiger partial charge in [0.15, 0.2) is 12.4 Å². The first kappa shape index (κ1) is 16.0. The molecule has 0 saturated heterocycles. The van der Waals surface area contributed by atoms with Crippen LogP contribution in [0.5, 0.6) is 5.75 Å². The van der Waals surface area contributed by atoms with E-state index in [0.29, 0.717) is 13.1 Å². The molecule has 0 saturated carbocycles. The molecule has 0 aliphatic carbocycles. The first-order valence-electron chi connectivity index (χ1n) is 7.59. The Hall–Kier alpha value is -2.36. The summed E-state index contributed by atoms with van der Waals surface area (Å²) in [5.74, 6) is 0.877. The molecule has 0 unspecified atom stereocenters. The molecular formula is C18H23N2O2+. The van der Waals surface area contributed by atoms with Gasteiger partial charge >= 0.3 is 0 Å². The van der Waals surface area contributed by atoms with Crippen LogP contribution in [-0.4, -0.2) is 19.6 Å². The molecule has 1 heterocycles. The number of carbonyl (C=O) groups is 1. The van der Waals surface area contributed by atoms with Crippen molar-refractivity contribution in [1.82, 2.24) is 5.32 Å². The highest BCUT2D eigenvalue weighted by Gasteiger charge is 2.08. The van der Waals surface area contributed by atoms with E-state index < -0.39 is 0 Å². The fourth-order valence-electron chi connectivity index (χ4n) is 2.19. The number of aryl methyl sites for hydroxylation is 1. The Morgan fingerprint density at radius 3 is 2.36 bits per heavy atom. The maximum absolute atomic E-state index is 11.9. The standard InChI is InChI=1S/C18H22N2O2/c1-3-15-9-12-20(13-10-15)14-18(21)19-11-8-16-4-6-17(22-2)7-5-16/h4-7,9-10,12-13H,3,8,11,14H2,1-2H3/p+1. The maximum Gasteiger partial charge on any atom is 0.285 e. The number of nitrogens with zero attached hydrogens (tertiary/aromatic N) is 1. The molecule has 22 heavy (non-hydrogen) atoms. The molecule has 0 bridgehead atoms. The zero-order chi connectivity index (χ0) is 15.8. The predicted octanol–water partition coefficient (Wildman–Crippen LogP) is 1.90. The van der Waals surface area contributed by atoms with Crippen LogP contribution in [-0.2, 0) is 24.2 Å². The van der Waals surface area contributed by atoms with Crippen molar-refractivity contribution < 1.29 is 14.1 Å². The molecule has 0 radical (unpaired) electrons. The number of ether oxygens (including phenoxy) is 1. The number of hydrogen-bond donors (Lipinski definition) is 1. The molecule has 4 heteroatoms. The van der Waals surface area contributed by atoms with Crippen molar-refractivity contribution in [2.24, 2.45) is 0 Å². The van der Waals surface area contributed by atoms with Gasteiger partial charge in [-0.15, -0.1) is 0 Å². The number of amides is 1. The van der Waals surface area contributed by atoms with Crippen LogP contribution >= 0.6 is 0 Å². The summed E-state index contributed by atoms with van der Waals surface area (Å²) in [5.41, 5.74) is 2.46. The average Bonchev–Trinajstić information content (AvgIpc) is 2.56. The fraction of sp³-hybridized carbons (Fsp3) is 0.333. The zero-order valence-electron chi connectivity index (χ0n) is 13.2. The highest BCUT2D eigenvalue weighted by Crippen LogP contribution is 2.11. The van der Waals surface area contributed by atoms with Crippen LogP contribution in [0.15, 0.2) is 48.8 Å². The molecule has 1 amide bonds. The predicted molar refractivity (Wildman–Crippen MR) is 85.7 cm³/mol. The Balaban J connectivity index is 1.74. The highest BCUT2D eigenvalue weighted by molar-refractivity contribution is 5.74. The summed E-state index contributed by atoms with van der Waals surface area (Å²) in [6, 6.07) is 12.0. The summed E-state index contributed by atoms with van der Waals surface area (Å²) < 4.78 is 7.01. The molecule has 0 aliphatic rings. The zero-order valence-corrected chi connectivity index (χ0v) is 13.2. The van der Waals surface area contributed by atoms with Crippen LogP contribution in [0.2, 0.25) is 0 Å². The molecular weight excluding hydrogens is 276 g/mol. The number of hydrogen-bond acceptors (Lipinski definition) is 2. The van der Waals surface area contributed by atoms with Crippen molar-refractivity contribution in [3.05, 3.63) is 59.9 Å². The van der Waals surface area contributed by atoms with Gasteiger partial charge in [-0.2, -0.15) is 4.57 Å². The van der Waals surface area contributed by atoms with Crippen molar-refractivity contribution in [2.45, 2.75) is 26.3 Å². The Kier molecular flexibility index (Phi) is 5.95. The van der Waals surface area contributed by atoms with Gasteiger partial charge in [-0.05, 0) is 36.1 Å². The third-order valence-electron chi connectivity index (χ3n) is 3.59. The number of carbonyl (C=O) groups excluding carboxylic acids is 1. The number of nitrogens with one attached hydrogen (secondary N) is 1. The van der Waals surface area contributed by atoms with Crippen LogP contribution in [0, 0.1) is 0 Å². The summed E-state index contributed by atoms with van der Waals surface area (Å²) in [5, 5.41) is 2.95. The number of pyridine rings is 1. The Labute approximate surface area is 131 Å². The van der Waals surface area contributed by atoms with Gasteiger partial charge in [0.05, 0.1) is 7.11 Å². The summed E-state index contributed by atoms with van der Waals surface area (Å²) in [6.07, 6.45) is 5.72. The summed E-state index contributed by atoms with van der Waals surface area (Å²) in [7, 11) is 1.65. The molecule has 1 aromatic heterocycles. The SMILES string of the molecule is CCc1cc[n+](CC(=O)NCCc2ccc(OC)cc2)cc1. The minimum atomic E-state index is 0.0303. The largest absolute Gasteiger partial charge is 0.497 e. The van der Waals surface area contributed by atoms with E-state index in [1.165, 1.54) is 11.1 Å². The van der Waals surface area contributed by atoms with Gasteiger partial charge in [0.1, 0.15) is 5.75 Å². The van der Waals surface area contributed by atoms with Gasteiger partial charge in [-0.3, -0.25) is 4.79 Å².